The number of hydrogen-bond donors (Lipinski definition) is 4. The van der Waals surface area contributed by atoms with E-state index in [1.54, 1.807) is 12.1 Å². The molecular formula is C16H19ClN2O4. The normalized spacial score (nSPS) is 10.9. The van der Waals surface area contributed by atoms with Crippen molar-refractivity contribution in [3.05, 3.63) is 46.7 Å². The Bertz CT molecular complexity index is 657. The molecule has 0 unspecified atom stereocenters. The molecule has 0 aliphatic heterocycles. The molecule has 0 fully saturated rings. The predicted molar refractivity (Wildman–Crippen MR) is 87.8 cm³/mol. The average molecular weight is 339 g/mol. The van der Waals surface area contributed by atoms with E-state index in [2.05, 4.69) is 10.6 Å². The Kier molecular flexibility index (Phi) is 6.61. The molecule has 1 aromatic heterocycles. The summed E-state index contributed by atoms with van der Waals surface area (Å²) in [6, 6.07) is 8.10. The van der Waals surface area contributed by atoms with Crippen LogP contribution in [0.1, 0.15) is 16.1 Å². The lowest BCUT2D eigenvalue weighted by molar-refractivity contribution is 0.0697. The molecule has 124 valence electrons. The van der Waals surface area contributed by atoms with E-state index in [1.165, 1.54) is 12.1 Å². The fraction of sp³-hybridized carbons (Fsp3) is 0.312. The first-order valence-corrected chi connectivity index (χ1v) is 7.64. The lowest BCUT2D eigenvalue weighted by Gasteiger charge is -2.05. The molecule has 0 aliphatic carbocycles. The van der Waals surface area contributed by atoms with Crippen LogP contribution in [0.15, 0.2) is 34.7 Å². The van der Waals surface area contributed by atoms with Crippen molar-refractivity contribution in [1.82, 2.24) is 10.6 Å². The lowest BCUT2D eigenvalue weighted by Crippen LogP contribution is -2.28. The molecule has 2 aromatic rings. The van der Waals surface area contributed by atoms with E-state index in [0.29, 0.717) is 29.4 Å². The highest BCUT2D eigenvalue weighted by Gasteiger charge is 2.12. The van der Waals surface area contributed by atoms with Gasteiger partial charge in [0, 0.05) is 25.2 Å². The summed E-state index contributed by atoms with van der Waals surface area (Å²) in [5.74, 6) is 0.263. The van der Waals surface area contributed by atoms with E-state index in [4.69, 9.17) is 26.2 Å². The Hall–Kier alpha value is -1.86. The quantitative estimate of drug-likeness (QED) is 0.522. The van der Waals surface area contributed by atoms with Crippen molar-refractivity contribution in [3.63, 3.8) is 0 Å². The van der Waals surface area contributed by atoms with Crippen molar-refractivity contribution < 1.29 is 19.4 Å². The molecule has 4 N–H and O–H groups in total. The van der Waals surface area contributed by atoms with E-state index in [-0.39, 0.29) is 12.2 Å². The number of halogens is 1. The van der Waals surface area contributed by atoms with Crippen LogP contribution >= 0.6 is 11.6 Å². The van der Waals surface area contributed by atoms with Gasteiger partial charge in [-0.25, -0.2) is 4.79 Å². The monoisotopic (exact) mass is 338 g/mol. The Morgan fingerprint density at radius 2 is 1.91 bits per heavy atom. The molecular weight excluding hydrogens is 320 g/mol. The zero-order chi connectivity index (χ0) is 16.7. The van der Waals surface area contributed by atoms with E-state index < -0.39 is 5.97 Å². The Morgan fingerprint density at radius 1 is 1.13 bits per heavy atom. The number of carboxylic acids is 1. The van der Waals surface area contributed by atoms with Crippen molar-refractivity contribution >= 4 is 17.6 Å². The highest BCUT2D eigenvalue weighted by atomic mass is 35.5. The first-order chi connectivity index (χ1) is 11.1. The van der Waals surface area contributed by atoms with E-state index in [9.17, 15) is 4.79 Å². The minimum absolute atomic E-state index is 0.123. The largest absolute Gasteiger partial charge is 0.478 e. The Labute approximate surface area is 139 Å². The van der Waals surface area contributed by atoms with Crippen molar-refractivity contribution in [2.45, 2.75) is 6.54 Å². The summed E-state index contributed by atoms with van der Waals surface area (Å²) >= 11 is 6.12. The molecule has 0 radical (unpaired) electrons. The van der Waals surface area contributed by atoms with Crippen LogP contribution in [0.5, 0.6) is 0 Å². The molecule has 0 atom stereocenters. The summed E-state index contributed by atoms with van der Waals surface area (Å²) in [6.45, 7) is 2.74. The van der Waals surface area contributed by atoms with Gasteiger partial charge in [-0.15, -0.1) is 0 Å². The van der Waals surface area contributed by atoms with E-state index in [0.717, 1.165) is 18.8 Å². The average Bonchev–Trinajstić information content (AvgIpc) is 2.99. The third-order valence-corrected chi connectivity index (χ3v) is 3.54. The summed E-state index contributed by atoms with van der Waals surface area (Å²) in [6.07, 6.45) is 0. The number of hydrogen-bond acceptors (Lipinski definition) is 5. The number of carboxylic acid groups (broad SMARTS) is 1. The van der Waals surface area contributed by atoms with Crippen molar-refractivity contribution in [1.29, 1.82) is 0 Å². The predicted octanol–water partition coefficient (Wildman–Crippen LogP) is 1.97. The zero-order valence-electron chi connectivity index (χ0n) is 12.5. The van der Waals surface area contributed by atoms with E-state index in [1.807, 2.05) is 6.07 Å². The van der Waals surface area contributed by atoms with Gasteiger partial charge in [0.1, 0.15) is 11.5 Å². The van der Waals surface area contributed by atoms with Crippen LogP contribution in [0, 0.1) is 0 Å². The number of carbonyl (C=O) groups is 1. The summed E-state index contributed by atoms with van der Waals surface area (Å²) in [5.41, 5.74) is 0.720. The Balaban J connectivity index is 1.96. The lowest BCUT2D eigenvalue weighted by atomic mass is 10.1. The molecule has 0 aliphatic rings. The van der Waals surface area contributed by atoms with Gasteiger partial charge in [-0.3, -0.25) is 0 Å². The van der Waals surface area contributed by atoms with Crippen LogP contribution in [0.3, 0.4) is 0 Å². The number of aliphatic hydroxyl groups excluding tert-OH is 1. The minimum atomic E-state index is -1.01. The van der Waals surface area contributed by atoms with Crippen LogP contribution in [-0.4, -0.2) is 42.4 Å². The molecule has 7 heteroatoms. The SMILES string of the molecule is O=C(O)c1ccc(Cl)c(-c2ccc(CNCCNCCO)o2)c1. The molecule has 2 rings (SSSR count). The molecule has 1 heterocycles. The summed E-state index contributed by atoms with van der Waals surface area (Å²) < 4.78 is 5.71. The molecule has 1 aromatic carbocycles. The number of rotatable bonds is 9. The van der Waals surface area contributed by atoms with Gasteiger partial charge in [-0.1, -0.05) is 11.6 Å². The summed E-state index contributed by atoms with van der Waals surface area (Å²) in [5, 5.41) is 24.4. The summed E-state index contributed by atoms with van der Waals surface area (Å²) in [4.78, 5) is 11.0. The third-order valence-electron chi connectivity index (χ3n) is 3.21. The second-order valence-electron chi connectivity index (χ2n) is 4.92. The number of aromatic carboxylic acids is 1. The molecule has 0 saturated carbocycles. The fourth-order valence-electron chi connectivity index (χ4n) is 2.06. The van der Waals surface area contributed by atoms with Crippen molar-refractivity contribution in [2.75, 3.05) is 26.2 Å². The fourth-order valence-corrected chi connectivity index (χ4v) is 2.27. The van der Waals surface area contributed by atoms with Crippen LogP contribution in [0.2, 0.25) is 5.02 Å². The van der Waals surface area contributed by atoms with Gasteiger partial charge in [0.05, 0.1) is 23.7 Å². The van der Waals surface area contributed by atoms with Gasteiger partial charge in [0.25, 0.3) is 0 Å². The maximum Gasteiger partial charge on any atom is 0.335 e. The molecule has 0 saturated heterocycles. The molecule has 0 amide bonds. The second kappa shape index (κ2) is 8.69. The highest BCUT2D eigenvalue weighted by molar-refractivity contribution is 6.33. The van der Waals surface area contributed by atoms with Gasteiger partial charge in [-0.05, 0) is 30.3 Å². The summed E-state index contributed by atoms with van der Waals surface area (Å²) in [7, 11) is 0. The molecule has 0 bridgehead atoms. The topological polar surface area (TPSA) is 94.7 Å². The second-order valence-corrected chi connectivity index (χ2v) is 5.32. The minimum Gasteiger partial charge on any atom is -0.478 e. The van der Waals surface area contributed by atoms with Gasteiger partial charge in [-0.2, -0.15) is 0 Å². The van der Waals surface area contributed by atoms with Crippen molar-refractivity contribution in [3.8, 4) is 11.3 Å². The maximum atomic E-state index is 11.0. The van der Waals surface area contributed by atoms with Crippen molar-refractivity contribution in [2.24, 2.45) is 0 Å². The number of furan rings is 1. The number of aliphatic hydroxyl groups is 1. The van der Waals surface area contributed by atoms with E-state index >= 15 is 0 Å². The smallest absolute Gasteiger partial charge is 0.335 e. The van der Waals surface area contributed by atoms with Gasteiger partial charge >= 0.3 is 5.97 Å². The molecule has 23 heavy (non-hydrogen) atoms. The van der Waals surface area contributed by atoms with Gasteiger partial charge < -0.3 is 25.3 Å². The van der Waals surface area contributed by atoms with Crippen LogP contribution in [-0.2, 0) is 6.54 Å². The third kappa shape index (κ3) is 5.07. The Morgan fingerprint density at radius 3 is 2.65 bits per heavy atom. The number of benzene rings is 1. The van der Waals surface area contributed by atoms with Crippen LogP contribution < -0.4 is 10.6 Å². The maximum absolute atomic E-state index is 11.0. The van der Waals surface area contributed by atoms with Crippen LogP contribution in [0.4, 0.5) is 0 Å². The first-order valence-electron chi connectivity index (χ1n) is 7.26. The van der Waals surface area contributed by atoms with Crippen LogP contribution in [0.25, 0.3) is 11.3 Å². The van der Waals surface area contributed by atoms with Gasteiger partial charge in [0.2, 0.25) is 0 Å². The highest BCUT2D eigenvalue weighted by Crippen LogP contribution is 2.30. The molecule has 0 spiro atoms. The zero-order valence-corrected chi connectivity index (χ0v) is 13.3. The number of nitrogens with one attached hydrogen (secondary N) is 2. The molecule has 6 nitrogen and oxygen atoms in total. The first kappa shape index (κ1) is 17.5. The van der Waals surface area contributed by atoms with Gasteiger partial charge in [0.15, 0.2) is 0 Å². The standard InChI is InChI=1S/C16H19ClN2O4/c17-14-3-1-11(16(21)22)9-13(14)15-4-2-12(23-15)10-19-6-5-18-7-8-20/h1-4,9,18-20H,5-8,10H2,(H,21,22).